The number of hydrogen-bond donors (Lipinski definition) is 2. The van der Waals surface area contributed by atoms with Crippen LogP contribution in [0.5, 0.6) is 0 Å². The van der Waals surface area contributed by atoms with Crippen molar-refractivity contribution in [2.24, 2.45) is 0 Å². The van der Waals surface area contributed by atoms with Crippen molar-refractivity contribution >= 4 is 23.3 Å². The van der Waals surface area contributed by atoms with Gasteiger partial charge in [0.2, 0.25) is 5.91 Å². The van der Waals surface area contributed by atoms with Gasteiger partial charge in [0, 0.05) is 25.0 Å². The molecular formula is C13H16ClN5O. The minimum absolute atomic E-state index is 0.0852. The lowest BCUT2D eigenvalue weighted by molar-refractivity contribution is -0.120. The first-order valence-corrected chi connectivity index (χ1v) is 6.55. The summed E-state index contributed by atoms with van der Waals surface area (Å²) in [6.45, 7) is 2.13. The highest BCUT2D eigenvalue weighted by Crippen LogP contribution is 2.13. The number of halogens is 1. The SMILES string of the molecule is CC(NC(=O)CN(C)c1ccc(Cl)cn1)c1cn[nH]c1. The summed E-state index contributed by atoms with van der Waals surface area (Å²) in [4.78, 5) is 17.9. The van der Waals surface area contributed by atoms with Crippen molar-refractivity contribution < 1.29 is 4.79 Å². The zero-order valence-corrected chi connectivity index (χ0v) is 12.1. The number of anilines is 1. The van der Waals surface area contributed by atoms with Gasteiger partial charge in [-0.15, -0.1) is 0 Å². The van der Waals surface area contributed by atoms with E-state index in [2.05, 4.69) is 20.5 Å². The van der Waals surface area contributed by atoms with Gasteiger partial charge < -0.3 is 10.2 Å². The summed E-state index contributed by atoms with van der Waals surface area (Å²) in [6, 6.07) is 3.43. The fourth-order valence-electron chi connectivity index (χ4n) is 1.76. The number of hydrogen-bond acceptors (Lipinski definition) is 4. The van der Waals surface area contributed by atoms with E-state index in [1.54, 1.807) is 42.7 Å². The average molecular weight is 294 g/mol. The molecule has 1 unspecified atom stereocenters. The summed E-state index contributed by atoms with van der Waals surface area (Å²) in [5, 5.41) is 10.0. The predicted octanol–water partition coefficient (Wildman–Crippen LogP) is 1.77. The molecule has 20 heavy (non-hydrogen) atoms. The summed E-state index contributed by atoms with van der Waals surface area (Å²) in [5.74, 6) is 0.610. The van der Waals surface area contributed by atoms with Crippen LogP contribution in [-0.4, -0.2) is 34.7 Å². The van der Waals surface area contributed by atoms with Crippen molar-refractivity contribution in [1.82, 2.24) is 20.5 Å². The first-order valence-electron chi connectivity index (χ1n) is 6.17. The Morgan fingerprint density at radius 2 is 2.30 bits per heavy atom. The number of nitrogens with zero attached hydrogens (tertiary/aromatic N) is 3. The number of rotatable bonds is 5. The molecule has 0 saturated heterocycles. The van der Waals surface area contributed by atoms with Crippen molar-refractivity contribution in [3.05, 3.63) is 41.3 Å². The van der Waals surface area contributed by atoms with Crippen LogP contribution in [-0.2, 0) is 4.79 Å². The third kappa shape index (κ3) is 3.71. The van der Waals surface area contributed by atoms with E-state index >= 15 is 0 Å². The zero-order valence-electron chi connectivity index (χ0n) is 11.3. The van der Waals surface area contributed by atoms with Gasteiger partial charge in [-0.2, -0.15) is 5.10 Å². The largest absolute Gasteiger partial charge is 0.350 e. The Kier molecular flexibility index (Phi) is 4.57. The van der Waals surface area contributed by atoms with E-state index in [4.69, 9.17) is 11.6 Å². The molecule has 0 saturated carbocycles. The second-order valence-corrected chi connectivity index (χ2v) is 4.95. The van der Waals surface area contributed by atoms with Gasteiger partial charge in [0.05, 0.1) is 23.8 Å². The van der Waals surface area contributed by atoms with Crippen LogP contribution in [0.2, 0.25) is 5.02 Å². The number of nitrogens with one attached hydrogen (secondary N) is 2. The van der Waals surface area contributed by atoms with Crippen LogP contribution >= 0.6 is 11.6 Å². The third-order valence-corrected chi connectivity index (χ3v) is 3.10. The summed E-state index contributed by atoms with van der Waals surface area (Å²) >= 11 is 5.78. The minimum atomic E-state index is -0.0900. The van der Waals surface area contributed by atoms with E-state index in [-0.39, 0.29) is 18.5 Å². The third-order valence-electron chi connectivity index (χ3n) is 2.88. The Bertz CT molecular complexity index is 555. The van der Waals surface area contributed by atoms with E-state index < -0.39 is 0 Å². The molecule has 0 aliphatic rings. The molecule has 1 atom stereocenters. The maximum atomic E-state index is 12.0. The van der Waals surface area contributed by atoms with Crippen molar-refractivity contribution in [3.8, 4) is 0 Å². The summed E-state index contributed by atoms with van der Waals surface area (Å²) in [7, 11) is 1.80. The second-order valence-electron chi connectivity index (χ2n) is 4.51. The Morgan fingerprint density at radius 1 is 1.50 bits per heavy atom. The van der Waals surface area contributed by atoms with Crippen molar-refractivity contribution in [2.75, 3.05) is 18.5 Å². The van der Waals surface area contributed by atoms with E-state index in [1.165, 1.54) is 0 Å². The molecule has 0 aliphatic carbocycles. The van der Waals surface area contributed by atoms with Gasteiger partial charge in [0.15, 0.2) is 0 Å². The fraction of sp³-hybridized carbons (Fsp3) is 0.308. The molecule has 0 aliphatic heterocycles. The van der Waals surface area contributed by atoms with Crippen molar-refractivity contribution in [3.63, 3.8) is 0 Å². The van der Waals surface area contributed by atoms with Gasteiger partial charge in [0.1, 0.15) is 5.82 Å². The maximum absolute atomic E-state index is 12.0. The molecule has 7 heteroatoms. The molecule has 2 aromatic rings. The van der Waals surface area contributed by atoms with Crippen LogP contribution in [0.25, 0.3) is 0 Å². The molecule has 0 fully saturated rings. The average Bonchev–Trinajstić information content (AvgIpc) is 2.93. The summed E-state index contributed by atoms with van der Waals surface area (Å²) in [5.41, 5.74) is 0.936. The van der Waals surface area contributed by atoms with E-state index in [9.17, 15) is 4.79 Å². The highest BCUT2D eigenvalue weighted by Gasteiger charge is 2.13. The Labute approximate surface area is 122 Å². The number of amides is 1. The number of pyridine rings is 1. The van der Waals surface area contributed by atoms with Gasteiger partial charge in [-0.1, -0.05) is 11.6 Å². The normalized spacial score (nSPS) is 11.9. The highest BCUT2D eigenvalue weighted by atomic mass is 35.5. The van der Waals surface area contributed by atoms with Crippen LogP contribution in [0.3, 0.4) is 0 Å². The van der Waals surface area contributed by atoms with E-state index in [0.29, 0.717) is 10.8 Å². The second kappa shape index (κ2) is 6.38. The van der Waals surface area contributed by atoms with Gasteiger partial charge in [-0.25, -0.2) is 4.98 Å². The van der Waals surface area contributed by atoms with E-state index in [1.807, 2.05) is 6.92 Å². The van der Waals surface area contributed by atoms with Gasteiger partial charge in [-0.05, 0) is 19.1 Å². The summed E-state index contributed by atoms with van der Waals surface area (Å²) in [6.07, 6.45) is 5.00. The molecule has 2 rings (SSSR count). The Morgan fingerprint density at radius 3 is 2.90 bits per heavy atom. The monoisotopic (exact) mass is 293 g/mol. The summed E-state index contributed by atoms with van der Waals surface area (Å²) < 4.78 is 0. The first-order chi connectivity index (χ1) is 9.56. The van der Waals surface area contributed by atoms with Crippen molar-refractivity contribution in [2.45, 2.75) is 13.0 Å². The maximum Gasteiger partial charge on any atom is 0.240 e. The van der Waals surface area contributed by atoms with Gasteiger partial charge in [0.25, 0.3) is 0 Å². The van der Waals surface area contributed by atoms with Crippen LogP contribution < -0.4 is 10.2 Å². The molecule has 1 amide bonds. The van der Waals surface area contributed by atoms with E-state index in [0.717, 1.165) is 5.56 Å². The molecular weight excluding hydrogens is 278 g/mol. The lowest BCUT2D eigenvalue weighted by Crippen LogP contribution is -2.36. The topological polar surface area (TPSA) is 73.9 Å². The molecule has 0 bridgehead atoms. The van der Waals surface area contributed by atoms with Crippen molar-refractivity contribution in [1.29, 1.82) is 0 Å². The number of carbonyl (C=O) groups is 1. The van der Waals surface area contributed by atoms with Gasteiger partial charge in [-0.3, -0.25) is 9.89 Å². The van der Waals surface area contributed by atoms with Crippen LogP contribution in [0.4, 0.5) is 5.82 Å². The number of aromatic nitrogens is 3. The zero-order chi connectivity index (χ0) is 14.5. The lowest BCUT2D eigenvalue weighted by atomic mass is 10.2. The van der Waals surface area contributed by atoms with Crippen LogP contribution in [0.15, 0.2) is 30.7 Å². The number of likely N-dealkylation sites (N-methyl/N-ethyl adjacent to an activating group) is 1. The molecule has 2 aromatic heterocycles. The molecule has 0 radical (unpaired) electrons. The van der Waals surface area contributed by atoms with Crippen LogP contribution in [0, 0.1) is 0 Å². The fourth-order valence-corrected chi connectivity index (χ4v) is 1.87. The smallest absolute Gasteiger partial charge is 0.240 e. The predicted molar refractivity (Wildman–Crippen MR) is 77.7 cm³/mol. The minimum Gasteiger partial charge on any atom is -0.350 e. The highest BCUT2D eigenvalue weighted by molar-refractivity contribution is 6.30. The molecule has 0 aromatic carbocycles. The number of aromatic amines is 1. The Hall–Kier alpha value is -2.08. The number of carbonyl (C=O) groups excluding carboxylic acids is 1. The first kappa shape index (κ1) is 14.3. The molecule has 2 N–H and O–H groups in total. The molecule has 0 spiro atoms. The molecule has 106 valence electrons. The number of H-pyrrole nitrogens is 1. The quantitative estimate of drug-likeness (QED) is 0.881. The standard InChI is InChI=1S/C13H16ClN5O/c1-9(10-5-16-17-6-10)18-13(20)8-19(2)12-4-3-11(14)7-15-12/h3-7,9H,8H2,1-2H3,(H,16,17)(H,18,20). The van der Waals surface area contributed by atoms with Gasteiger partial charge >= 0.3 is 0 Å². The molecule has 2 heterocycles. The molecule has 6 nitrogen and oxygen atoms in total. The lowest BCUT2D eigenvalue weighted by Gasteiger charge is -2.19. The Balaban J connectivity index is 1.89. The van der Waals surface area contributed by atoms with Crippen LogP contribution in [0.1, 0.15) is 18.5 Å².